The van der Waals surface area contributed by atoms with Crippen LogP contribution in [-0.2, 0) is 4.74 Å². The molecule has 0 radical (unpaired) electrons. The first kappa shape index (κ1) is 12.6. The van der Waals surface area contributed by atoms with E-state index in [9.17, 15) is 4.79 Å². The summed E-state index contributed by atoms with van der Waals surface area (Å²) in [5.41, 5.74) is 2.98. The lowest BCUT2D eigenvalue weighted by atomic mass is 10.0. The summed E-state index contributed by atoms with van der Waals surface area (Å²) in [5.74, 6) is 0.0538. The molecule has 2 nitrogen and oxygen atoms in total. The summed E-state index contributed by atoms with van der Waals surface area (Å²) >= 11 is 3.36. The first-order chi connectivity index (χ1) is 9.15. The van der Waals surface area contributed by atoms with Crippen LogP contribution in [0.2, 0.25) is 0 Å². The maximum Gasteiger partial charge on any atom is 0.194 e. The van der Waals surface area contributed by atoms with Gasteiger partial charge in [-0.25, -0.2) is 0 Å². The number of ether oxygens (including phenoxy) is 1. The number of epoxide rings is 1. The zero-order valence-electron chi connectivity index (χ0n) is 10.5. The molecule has 1 saturated heterocycles. The smallest absolute Gasteiger partial charge is 0.194 e. The molecular weight excluding hydrogens is 304 g/mol. The molecule has 3 rings (SSSR count). The molecule has 2 atom stereocenters. The summed E-state index contributed by atoms with van der Waals surface area (Å²) in [7, 11) is 0. The number of ketones is 1. The van der Waals surface area contributed by atoms with Gasteiger partial charge in [0.25, 0.3) is 0 Å². The van der Waals surface area contributed by atoms with E-state index < -0.39 is 0 Å². The van der Waals surface area contributed by atoms with Gasteiger partial charge in [0.2, 0.25) is 0 Å². The number of hydrogen-bond donors (Lipinski definition) is 0. The normalized spacial score (nSPS) is 21.2. The van der Waals surface area contributed by atoms with Crippen molar-refractivity contribution in [1.29, 1.82) is 0 Å². The average molecular weight is 317 g/mol. The first-order valence-electron chi connectivity index (χ1n) is 6.17. The lowest BCUT2D eigenvalue weighted by molar-refractivity contribution is 0.0953. The van der Waals surface area contributed by atoms with Crippen LogP contribution < -0.4 is 0 Å². The Hall–Kier alpha value is -1.45. The van der Waals surface area contributed by atoms with Gasteiger partial charge in [-0.2, -0.15) is 0 Å². The molecule has 0 aromatic heterocycles. The number of halogens is 1. The number of carbonyl (C=O) groups is 1. The van der Waals surface area contributed by atoms with Gasteiger partial charge >= 0.3 is 0 Å². The topological polar surface area (TPSA) is 29.6 Å². The van der Waals surface area contributed by atoms with Crippen LogP contribution in [0.25, 0.3) is 0 Å². The van der Waals surface area contributed by atoms with Crippen molar-refractivity contribution in [2.45, 2.75) is 19.1 Å². The van der Waals surface area contributed by atoms with Gasteiger partial charge in [0.15, 0.2) is 11.9 Å². The van der Waals surface area contributed by atoms with E-state index in [2.05, 4.69) is 15.9 Å². The molecule has 0 amide bonds. The summed E-state index contributed by atoms with van der Waals surface area (Å²) in [4.78, 5) is 12.2. The highest BCUT2D eigenvalue weighted by molar-refractivity contribution is 9.10. The minimum absolute atomic E-state index is 0.0538. The zero-order chi connectivity index (χ0) is 13.4. The van der Waals surface area contributed by atoms with E-state index in [0.717, 1.165) is 10.0 Å². The van der Waals surface area contributed by atoms with Crippen molar-refractivity contribution in [3.8, 4) is 0 Å². The van der Waals surface area contributed by atoms with Crippen LogP contribution in [0, 0.1) is 6.92 Å². The molecule has 1 aliphatic heterocycles. The van der Waals surface area contributed by atoms with E-state index in [4.69, 9.17) is 4.74 Å². The maximum atomic E-state index is 12.2. The van der Waals surface area contributed by atoms with Crippen LogP contribution in [0.15, 0.2) is 53.0 Å². The third-order valence-electron chi connectivity index (χ3n) is 3.28. The van der Waals surface area contributed by atoms with Gasteiger partial charge in [-0.15, -0.1) is 0 Å². The third-order valence-corrected chi connectivity index (χ3v) is 3.81. The van der Waals surface area contributed by atoms with Crippen molar-refractivity contribution in [2.24, 2.45) is 0 Å². The molecule has 0 N–H and O–H groups in total. The van der Waals surface area contributed by atoms with Crippen molar-refractivity contribution in [3.05, 3.63) is 69.7 Å². The molecule has 0 spiro atoms. The van der Waals surface area contributed by atoms with Gasteiger partial charge < -0.3 is 4.74 Å². The monoisotopic (exact) mass is 316 g/mol. The molecule has 0 saturated carbocycles. The highest BCUT2D eigenvalue weighted by atomic mass is 79.9. The molecule has 96 valence electrons. The Bertz CT molecular complexity index is 602. The number of benzene rings is 2. The van der Waals surface area contributed by atoms with Crippen molar-refractivity contribution in [1.82, 2.24) is 0 Å². The van der Waals surface area contributed by atoms with Crippen molar-refractivity contribution >= 4 is 21.7 Å². The fraction of sp³-hybridized carbons (Fsp3) is 0.188. The van der Waals surface area contributed by atoms with Crippen LogP contribution >= 0.6 is 15.9 Å². The number of carbonyl (C=O) groups excluding carboxylic acids is 1. The zero-order valence-corrected chi connectivity index (χ0v) is 12.1. The molecule has 0 unspecified atom stereocenters. The fourth-order valence-corrected chi connectivity index (χ4v) is 2.36. The SMILES string of the molecule is Cc1ccc([C@@H]2O[C@H]2C(=O)c2ccc(Br)cc2)cc1. The van der Waals surface area contributed by atoms with Crippen LogP contribution in [0.5, 0.6) is 0 Å². The third kappa shape index (κ3) is 2.62. The number of rotatable bonds is 3. The minimum Gasteiger partial charge on any atom is -0.356 e. The van der Waals surface area contributed by atoms with Gasteiger partial charge in [-0.3, -0.25) is 4.79 Å². The molecule has 1 aliphatic rings. The quantitative estimate of drug-likeness (QED) is 0.630. The Balaban J connectivity index is 1.74. The second kappa shape index (κ2) is 4.91. The molecule has 19 heavy (non-hydrogen) atoms. The van der Waals surface area contributed by atoms with Gasteiger partial charge in [0.05, 0.1) is 0 Å². The predicted octanol–water partition coefficient (Wildman–Crippen LogP) is 4.08. The maximum absolute atomic E-state index is 12.2. The summed E-state index contributed by atoms with van der Waals surface area (Å²) in [6.07, 6.45) is -0.416. The molecular formula is C16H13BrO2. The Morgan fingerprint density at radius 2 is 1.68 bits per heavy atom. The predicted molar refractivity (Wildman–Crippen MR) is 77.3 cm³/mol. The highest BCUT2D eigenvalue weighted by Gasteiger charge is 2.46. The molecule has 2 aromatic rings. The second-order valence-corrected chi connectivity index (χ2v) is 5.67. The van der Waals surface area contributed by atoms with E-state index in [1.54, 1.807) is 0 Å². The van der Waals surface area contributed by atoms with E-state index in [0.29, 0.717) is 5.56 Å². The largest absolute Gasteiger partial charge is 0.356 e. The Kier molecular flexibility index (Phi) is 3.25. The molecule has 1 heterocycles. The average Bonchev–Trinajstić information content (AvgIpc) is 3.20. The van der Waals surface area contributed by atoms with E-state index in [-0.39, 0.29) is 18.0 Å². The molecule has 0 aliphatic carbocycles. The van der Waals surface area contributed by atoms with Gasteiger partial charge in [-0.05, 0) is 24.6 Å². The van der Waals surface area contributed by atoms with Crippen molar-refractivity contribution in [3.63, 3.8) is 0 Å². The lowest BCUT2D eigenvalue weighted by Crippen LogP contribution is -2.07. The minimum atomic E-state index is -0.330. The summed E-state index contributed by atoms with van der Waals surface area (Å²) in [6.45, 7) is 2.04. The van der Waals surface area contributed by atoms with Crippen LogP contribution in [0.1, 0.15) is 27.6 Å². The fourth-order valence-electron chi connectivity index (χ4n) is 2.10. The summed E-state index contributed by atoms with van der Waals surface area (Å²) in [6, 6.07) is 15.5. The molecule has 0 bridgehead atoms. The molecule has 1 fully saturated rings. The lowest BCUT2D eigenvalue weighted by Gasteiger charge is -1.99. The summed E-state index contributed by atoms with van der Waals surface area (Å²) in [5, 5.41) is 0. The Morgan fingerprint density at radius 1 is 1.05 bits per heavy atom. The van der Waals surface area contributed by atoms with E-state index in [1.165, 1.54) is 5.56 Å². The van der Waals surface area contributed by atoms with E-state index in [1.807, 2.05) is 55.5 Å². The van der Waals surface area contributed by atoms with Crippen molar-refractivity contribution < 1.29 is 9.53 Å². The number of aryl methyl sites for hydroxylation is 1. The molecule has 3 heteroatoms. The Morgan fingerprint density at radius 3 is 2.32 bits per heavy atom. The van der Waals surface area contributed by atoms with Crippen molar-refractivity contribution in [2.75, 3.05) is 0 Å². The van der Waals surface area contributed by atoms with Crippen LogP contribution in [0.3, 0.4) is 0 Å². The number of hydrogen-bond acceptors (Lipinski definition) is 2. The Labute approximate surface area is 120 Å². The first-order valence-corrected chi connectivity index (χ1v) is 6.96. The standard InChI is InChI=1S/C16H13BrO2/c1-10-2-4-12(5-3-10)15-16(19-15)14(18)11-6-8-13(17)9-7-11/h2-9,15-16H,1H3/t15-,16-/m0/s1. The van der Waals surface area contributed by atoms with Gasteiger partial charge in [0.1, 0.15) is 6.10 Å². The van der Waals surface area contributed by atoms with E-state index >= 15 is 0 Å². The van der Waals surface area contributed by atoms with Crippen LogP contribution in [0.4, 0.5) is 0 Å². The van der Waals surface area contributed by atoms with Gasteiger partial charge in [0, 0.05) is 10.0 Å². The summed E-state index contributed by atoms with van der Waals surface area (Å²) < 4.78 is 6.50. The highest BCUT2D eigenvalue weighted by Crippen LogP contribution is 2.40. The second-order valence-electron chi connectivity index (χ2n) is 4.76. The van der Waals surface area contributed by atoms with Gasteiger partial charge in [-0.1, -0.05) is 57.9 Å². The molecule has 2 aromatic carbocycles. The van der Waals surface area contributed by atoms with Crippen LogP contribution in [-0.4, -0.2) is 11.9 Å². The number of Topliss-reactive ketones (excluding diaryl/α,β-unsaturated/α-hetero) is 1.